The molecule has 0 aliphatic heterocycles. The normalized spacial score (nSPS) is 11.3. The zero-order chi connectivity index (χ0) is 22.6. The number of rotatable bonds is 6. The number of carbonyl (C=O) groups is 2. The molecule has 1 aromatic heterocycles. The monoisotopic (exact) mass is 434 g/mol. The highest BCUT2D eigenvalue weighted by Crippen LogP contribution is 2.33. The van der Waals surface area contributed by atoms with Gasteiger partial charge in [-0.1, -0.05) is 24.3 Å². The predicted octanol–water partition coefficient (Wildman–Crippen LogP) is 3.50. The van der Waals surface area contributed by atoms with Gasteiger partial charge >= 0.3 is 6.18 Å². The summed E-state index contributed by atoms with van der Waals surface area (Å²) in [7, 11) is 0. The molecule has 0 aliphatic carbocycles. The average molecular weight is 434 g/mol. The summed E-state index contributed by atoms with van der Waals surface area (Å²) in [5.74, 6) is -2.08. The maximum absolute atomic E-state index is 13.6. The number of benzene rings is 2. The number of aryl methyl sites for hydroxylation is 1. The lowest BCUT2D eigenvalue weighted by molar-refractivity contribution is -0.143. The summed E-state index contributed by atoms with van der Waals surface area (Å²) >= 11 is 0. The summed E-state index contributed by atoms with van der Waals surface area (Å²) in [5, 5.41) is 8.50. The van der Waals surface area contributed by atoms with Crippen molar-refractivity contribution in [2.75, 3.05) is 13.1 Å². The van der Waals surface area contributed by atoms with Crippen molar-refractivity contribution in [2.24, 2.45) is 0 Å². The third-order valence-corrected chi connectivity index (χ3v) is 4.41. The molecule has 0 saturated heterocycles. The van der Waals surface area contributed by atoms with Crippen molar-refractivity contribution in [2.45, 2.75) is 13.1 Å². The molecule has 162 valence electrons. The number of nitrogens with zero attached hydrogens (tertiary/aromatic N) is 2. The highest BCUT2D eigenvalue weighted by molar-refractivity contribution is 5.96. The van der Waals surface area contributed by atoms with Gasteiger partial charge in [-0.05, 0) is 36.8 Å². The molecular weight excluding hydrogens is 416 g/mol. The van der Waals surface area contributed by atoms with E-state index in [0.717, 1.165) is 12.3 Å². The van der Waals surface area contributed by atoms with E-state index in [2.05, 4.69) is 15.7 Å². The van der Waals surface area contributed by atoms with Crippen LogP contribution in [0.2, 0.25) is 0 Å². The van der Waals surface area contributed by atoms with E-state index in [4.69, 9.17) is 0 Å². The summed E-state index contributed by atoms with van der Waals surface area (Å²) in [6.45, 7) is 1.36. The second kappa shape index (κ2) is 8.99. The van der Waals surface area contributed by atoms with E-state index in [-0.39, 0.29) is 24.3 Å². The van der Waals surface area contributed by atoms with Crippen molar-refractivity contribution in [1.29, 1.82) is 0 Å². The van der Waals surface area contributed by atoms with Crippen molar-refractivity contribution < 1.29 is 27.2 Å². The molecule has 0 bridgehead atoms. The van der Waals surface area contributed by atoms with Gasteiger partial charge in [0.2, 0.25) is 0 Å². The second-order valence-corrected chi connectivity index (χ2v) is 6.63. The molecule has 0 saturated carbocycles. The van der Waals surface area contributed by atoms with Crippen LogP contribution in [0.1, 0.15) is 32.0 Å². The van der Waals surface area contributed by atoms with Gasteiger partial charge in [0.25, 0.3) is 11.8 Å². The van der Waals surface area contributed by atoms with E-state index in [0.29, 0.717) is 10.2 Å². The third kappa shape index (κ3) is 5.08. The van der Waals surface area contributed by atoms with Crippen molar-refractivity contribution in [1.82, 2.24) is 20.4 Å². The molecule has 2 N–H and O–H groups in total. The topological polar surface area (TPSA) is 76.0 Å². The Morgan fingerprint density at radius 1 is 1.00 bits per heavy atom. The first-order valence-electron chi connectivity index (χ1n) is 9.21. The molecule has 0 aliphatic rings. The first-order chi connectivity index (χ1) is 14.7. The van der Waals surface area contributed by atoms with Gasteiger partial charge in [-0.3, -0.25) is 9.59 Å². The maximum Gasteiger partial charge on any atom is 0.434 e. The van der Waals surface area contributed by atoms with Crippen molar-refractivity contribution in [3.8, 4) is 5.69 Å². The summed E-state index contributed by atoms with van der Waals surface area (Å²) in [6, 6.07) is 11.6. The fourth-order valence-corrected chi connectivity index (χ4v) is 2.84. The number of hydrogen-bond acceptors (Lipinski definition) is 3. The minimum atomic E-state index is -4.82. The van der Waals surface area contributed by atoms with E-state index in [1.165, 1.54) is 24.3 Å². The molecule has 0 unspecified atom stereocenters. The lowest BCUT2D eigenvalue weighted by Crippen LogP contribution is -2.35. The lowest BCUT2D eigenvalue weighted by Gasteiger charge is -2.13. The first-order valence-corrected chi connectivity index (χ1v) is 9.21. The van der Waals surface area contributed by atoms with Gasteiger partial charge < -0.3 is 10.6 Å². The standard InChI is InChI=1S/C21H18F4N4O2/c1-13-7-8-14(11-17(13)22)19(30)26-9-10-27-20(31)16-12-28-29(18(16)21(23,24)25)15-5-3-2-4-6-15/h2-8,11-12H,9-10H2,1H3,(H,26,30)(H,27,31). The number of alkyl halides is 3. The Morgan fingerprint density at radius 3 is 2.26 bits per heavy atom. The van der Waals surface area contributed by atoms with Gasteiger partial charge in [0.15, 0.2) is 5.69 Å². The average Bonchev–Trinajstić information content (AvgIpc) is 3.19. The summed E-state index contributed by atoms with van der Waals surface area (Å²) < 4.78 is 55.0. The van der Waals surface area contributed by atoms with Crippen LogP contribution in [0.4, 0.5) is 17.6 Å². The van der Waals surface area contributed by atoms with Crippen LogP contribution in [0.5, 0.6) is 0 Å². The molecule has 6 nitrogen and oxygen atoms in total. The molecular formula is C21H18F4N4O2. The van der Waals surface area contributed by atoms with Crippen LogP contribution in [-0.2, 0) is 6.18 Å². The fourth-order valence-electron chi connectivity index (χ4n) is 2.84. The fraction of sp³-hybridized carbons (Fsp3) is 0.190. The number of halogens is 4. The Hall–Kier alpha value is -3.69. The largest absolute Gasteiger partial charge is 0.434 e. The zero-order valence-corrected chi connectivity index (χ0v) is 16.3. The molecule has 0 radical (unpaired) electrons. The summed E-state index contributed by atoms with van der Waals surface area (Å²) in [6.07, 6.45) is -3.97. The van der Waals surface area contributed by atoms with Gasteiger partial charge in [0, 0.05) is 18.7 Å². The number of para-hydroxylation sites is 1. The van der Waals surface area contributed by atoms with Crippen LogP contribution in [0.15, 0.2) is 54.7 Å². The quantitative estimate of drug-likeness (QED) is 0.461. The van der Waals surface area contributed by atoms with Crippen molar-refractivity contribution in [3.63, 3.8) is 0 Å². The van der Waals surface area contributed by atoms with E-state index in [1.807, 2.05) is 0 Å². The van der Waals surface area contributed by atoms with Crippen LogP contribution < -0.4 is 10.6 Å². The van der Waals surface area contributed by atoms with Crippen LogP contribution in [0.25, 0.3) is 5.69 Å². The van der Waals surface area contributed by atoms with Gasteiger partial charge in [-0.2, -0.15) is 18.3 Å². The van der Waals surface area contributed by atoms with E-state index in [1.54, 1.807) is 25.1 Å². The minimum Gasteiger partial charge on any atom is -0.350 e. The predicted molar refractivity (Wildman–Crippen MR) is 104 cm³/mol. The van der Waals surface area contributed by atoms with Crippen LogP contribution in [-0.4, -0.2) is 34.7 Å². The third-order valence-electron chi connectivity index (χ3n) is 4.41. The molecule has 31 heavy (non-hydrogen) atoms. The number of nitrogens with one attached hydrogen (secondary N) is 2. The van der Waals surface area contributed by atoms with E-state index < -0.39 is 35.1 Å². The summed E-state index contributed by atoms with van der Waals surface area (Å²) in [5.41, 5.74) is -1.19. The molecule has 3 rings (SSSR count). The zero-order valence-electron chi connectivity index (χ0n) is 16.3. The first kappa shape index (κ1) is 22.0. The number of hydrogen-bond donors (Lipinski definition) is 2. The Kier molecular flexibility index (Phi) is 6.38. The van der Waals surface area contributed by atoms with Gasteiger partial charge in [-0.25, -0.2) is 9.07 Å². The molecule has 1 heterocycles. The number of aromatic nitrogens is 2. The van der Waals surface area contributed by atoms with Gasteiger partial charge in [-0.15, -0.1) is 0 Å². The minimum absolute atomic E-state index is 0.0613. The number of carbonyl (C=O) groups excluding carboxylic acids is 2. The Morgan fingerprint density at radius 2 is 1.65 bits per heavy atom. The second-order valence-electron chi connectivity index (χ2n) is 6.63. The van der Waals surface area contributed by atoms with Crippen LogP contribution in [0, 0.1) is 12.7 Å². The molecule has 2 aromatic carbocycles. The Balaban J connectivity index is 1.65. The van der Waals surface area contributed by atoms with Gasteiger partial charge in [0.05, 0.1) is 17.4 Å². The molecule has 0 atom stereocenters. The van der Waals surface area contributed by atoms with E-state index >= 15 is 0 Å². The lowest BCUT2D eigenvalue weighted by atomic mass is 10.1. The molecule has 0 fully saturated rings. The SMILES string of the molecule is Cc1ccc(C(=O)NCCNC(=O)c2cnn(-c3ccccc3)c2C(F)(F)F)cc1F. The van der Waals surface area contributed by atoms with Gasteiger partial charge in [0.1, 0.15) is 5.82 Å². The van der Waals surface area contributed by atoms with Crippen LogP contribution in [0.3, 0.4) is 0 Å². The van der Waals surface area contributed by atoms with Crippen molar-refractivity contribution in [3.05, 3.63) is 82.9 Å². The molecule has 10 heteroatoms. The number of amides is 2. The Labute approximate surface area is 174 Å². The Bertz CT molecular complexity index is 1090. The summed E-state index contributed by atoms with van der Waals surface area (Å²) in [4.78, 5) is 24.3. The van der Waals surface area contributed by atoms with Crippen LogP contribution >= 0.6 is 0 Å². The highest BCUT2D eigenvalue weighted by atomic mass is 19.4. The smallest absolute Gasteiger partial charge is 0.350 e. The van der Waals surface area contributed by atoms with E-state index in [9.17, 15) is 27.2 Å². The molecule has 3 aromatic rings. The van der Waals surface area contributed by atoms with Crippen molar-refractivity contribution >= 4 is 11.8 Å². The maximum atomic E-state index is 13.6. The highest BCUT2D eigenvalue weighted by Gasteiger charge is 2.40. The molecule has 0 spiro atoms. The molecule has 2 amide bonds.